The van der Waals surface area contributed by atoms with Gasteiger partial charge in [0.15, 0.2) is 0 Å². The Morgan fingerprint density at radius 3 is 3.05 bits per heavy atom. The number of pyridine rings is 2. The van der Waals surface area contributed by atoms with Crippen molar-refractivity contribution in [2.45, 2.75) is 13.5 Å². The van der Waals surface area contributed by atoms with Crippen molar-refractivity contribution in [3.63, 3.8) is 0 Å². The Bertz CT molecular complexity index is 742. The van der Waals surface area contributed by atoms with Crippen molar-refractivity contribution in [2.24, 2.45) is 0 Å². The van der Waals surface area contributed by atoms with E-state index in [2.05, 4.69) is 20.6 Å². The van der Waals surface area contributed by atoms with E-state index in [1.54, 1.807) is 25.4 Å². The van der Waals surface area contributed by atoms with Gasteiger partial charge in [0.2, 0.25) is 6.41 Å². The predicted octanol–water partition coefficient (Wildman–Crippen LogP) is 2.09. The van der Waals surface area contributed by atoms with Gasteiger partial charge < -0.3 is 10.6 Å². The molecular formula is C15H13FN4O. The Kier molecular flexibility index (Phi) is 3.35. The molecule has 21 heavy (non-hydrogen) atoms. The summed E-state index contributed by atoms with van der Waals surface area (Å²) in [5, 5.41) is 5.76. The SMILES string of the molecule is Cc1c(F)cncc1C1=Cc2cnc(NC=O)cc2CN1. The molecule has 0 fully saturated rings. The van der Waals surface area contributed by atoms with Crippen LogP contribution < -0.4 is 10.6 Å². The molecule has 0 radical (unpaired) electrons. The van der Waals surface area contributed by atoms with Crippen LogP contribution in [-0.2, 0) is 11.3 Å². The quantitative estimate of drug-likeness (QED) is 0.847. The lowest BCUT2D eigenvalue weighted by molar-refractivity contribution is -0.105. The molecule has 106 valence electrons. The van der Waals surface area contributed by atoms with E-state index in [0.29, 0.717) is 24.3 Å². The van der Waals surface area contributed by atoms with Crippen molar-refractivity contribution in [1.82, 2.24) is 15.3 Å². The van der Waals surface area contributed by atoms with Crippen molar-refractivity contribution < 1.29 is 9.18 Å². The summed E-state index contributed by atoms with van der Waals surface area (Å²) in [6, 6.07) is 1.81. The third-order valence-electron chi connectivity index (χ3n) is 3.44. The summed E-state index contributed by atoms with van der Waals surface area (Å²) < 4.78 is 13.6. The molecule has 2 aromatic rings. The van der Waals surface area contributed by atoms with Gasteiger partial charge in [-0.05, 0) is 35.8 Å². The van der Waals surface area contributed by atoms with Crippen LogP contribution in [0.3, 0.4) is 0 Å². The van der Waals surface area contributed by atoms with Crippen LogP contribution in [0.25, 0.3) is 11.8 Å². The van der Waals surface area contributed by atoms with Crippen LogP contribution in [-0.4, -0.2) is 16.4 Å². The van der Waals surface area contributed by atoms with E-state index in [4.69, 9.17) is 0 Å². The largest absolute Gasteiger partial charge is 0.380 e. The minimum Gasteiger partial charge on any atom is -0.380 e. The molecule has 0 bridgehead atoms. The number of carbonyl (C=O) groups is 1. The van der Waals surface area contributed by atoms with Gasteiger partial charge in [0.05, 0.1) is 6.20 Å². The van der Waals surface area contributed by atoms with E-state index in [-0.39, 0.29) is 5.82 Å². The van der Waals surface area contributed by atoms with E-state index in [1.807, 2.05) is 6.08 Å². The number of amides is 1. The highest BCUT2D eigenvalue weighted by molar-refractivity contribution is 5.84. The average Bonchev–Trinajstić information content (AvgIpc) is 2.50. The molecule has 1 aliphatic heterocycles. The smallest absolute Gasteiger partial charge is 0.212 e. The van der Waals surface area contributed by atoms with Crippen molar-refractivity contribution in [3.05, 3.63) is 52.7 Å². The summed E-state index contributed by atoms with van der Waals surface area (Å²) in [6.07, 6.45) is 7.02. The third-order valence-corrected chi connectivity index (χ3v) is 3.44. The Hall–Kier alpha value is -2.76. The van der Waals surface area contributed by atoms with Gasteiger partial charge in [-0.3, -0.25) is 9.78 Å². The molecule has 6 heteroatoms. The van der Waals surface area contributed by atoms with Crippen LogP contribution in [0.4, 0.5) is 10.2 Å². The van der Waals surface area contributed by atoms with E-state index in [1.165, 1.54) is 6.20 Å². The molecule has 0 saturated carbocycles. The fourth-order valence-electron chi connectivity index (χ4n) is 2.27. The van der Waals surface area contributed by atoms with Crippen molar-refractivity contribution in [2.75, 3.05) is 5.32 Å². The van der Waals surface area contributed by atoms with Crippen molar-refractivity contribution >= 4 is 24.0 Å². The number of aromatic nitrogens is 2. The number of rotatable bonds is 3. The highest BCUT2D eigenvalue weighted by Gasteiger charge is 2.15. The number of hydrogen-bond donors (Lipinski definition) is 2. The number of anilines is 1. The van der Waals surface area contributed by atoms with Crippen LogP contribution in [0.2, 0.25) is 0 Å². The lowest BCUT2D eigenvalue weighted by Gasteiger charge is -2.20. The predicted molar refractivity (Wildman–Crippen MR) is 77.6 cm³/mol. The maximum atomic E-state index is 13.6. The summed E-state index contributed by atoms with van der Waals surface area (Å²) in [4.78, 5) is 18.5. The molecule has 0 unspecified atom stereocenters. The molecule has 3 heterocycles. The standard InChI is InChI=1S/C15H13FN4O/c1-9-12(6-17-7-13(9)16)14-2-10-5-19-15(20-8-21)3-11(10)4-18-14/h2-3,5-8,18H,4H2,1H3,(H,19,20,21). The molecule has 3 rings (SSSR count). The van der Waals surface area contributed by atoms with Crippen molar-refractivity contribution in [1.29, 1.82) is 0 Å². The zero-order chi connectivity index (χ0) is 14.8. The van der Waals surface area contributed by atoms with Gasteiger partial charge in [0.25, 0.3) is 0 Å². The van der Waals surface area contributed by atoms with Gasteiger partial charge in [0, 0.05) is 30.2 Å². The lowest BCUT2D eigenvalue weighted by Crippen LogP contribution is -2.18. The van der Waals surface area contributed by atoms with E-state index in [0.717, 1.165) is 22.4 Å². The number of hydrogen-bond acceptors (Lipinski definition) is 4. The normalized spacial score (nSPS) is 13.0. The zero-order valence-electron chi connectivity index (χ0n) is 11.4. The fraction of sp³-hybridized carbons (Fsp3) is 0.133. The summed E-state index contributed by atoms with van der Waals surface area (Å²) in [6.45, 7) is 2.30. The summed E-state index contributed by atoms with van der Waals surface area (Å²) in [5.74, 6) is 0.177. The highest BCUT2D eigenvalue weighted by atomic mass is 19.1. The maximum absolute atomic E-state index is 13.6. The molecule has 0 spiro atoms. The van der Waals surface area contributed by atoms with Crippen LogP contribution in [0.15, 0.2) is 24.7 Å². The van der Waals surface area contributed by atoms with Gasteiger partial charge in [-0.25, -0.2) is 9.37 Å². The van der Waals surface area contributed by atoms with Gasteiger partial charge in [0.1, 0.15) is 11.6 Å². The maximum Gasteiger partial charge on any atom is 0.212 e. The molecule has 0 aliphatic carbocycles. The Morgan fingerprint density at radius 2 is 2.24 bits per heavy atom. The molecule has 2 N–H and O–H groups in total. The second-order valence-electron chi connectivity index (χ2n) is 4.74. The van der Waals surface area contributed by atoms with E-state index in [9.17, 15) is 9.18 Å². The zero-order valence-corrected chi connectivity index (χ0v) is 11.4. The van der Waals surface area contributed by atoms with Crippen LogP contribution in [0, 0.1) is 12.7 Å². The van der Waals surface area contributed by atoms with E-state index < -0.39 is 0 Å². The molecule has 0 atom stereocenters. The molecule has 1 amide bonds. The minimum absolute atomic E-state index is 0.329. The summed E-state index contributed by atoms with van der Waals surface area (Å²) >= 11 is 0. The minimum atomic E-state index is -0.329. The second kappa shape index (κ2) is 5.32. The molecule has 0 saturated heterocycles. The Morgan fingerprint density at radius 1 is 1.38 bits per heavy atom. The van der Waals surface area contributed by atoms with Gasteiger partial charge in [-0.1, -0.05) is 0 Å². The van der Waals surface area contributed by atoms with Gasteiger partial charge in [-0.15, -0.1) is 0 Å². The first-order valence-electron chi connectivity index (χ1n) is 6.44. The van der Waals surface area contributed by atoms with Gasteiger partial charge >= 0.3 is 0 Å². The Balaban J connectivity index is 2.00. The third kappa shape index (κ3) is 2.47. The highest BCUT2D eigenvalue weighted by Crippen LogP contribution is 2.26. The second-order valence-corrected chi connectivity index (χ2v) is 4.74. The monoisotopic (exact) mass is 284 g/mol. The summed E-state index contributed by atoms with van der Waals surface area (Å²) in [7, 11) is 0. The molecule has 0 aromatic carbocycles. The van der Waals surface area contributed by atoms with Crippen LogP contribution in [0.5, 0.6) is 0 Å². The number of nitrogens with zero attached hydrogens (tertiary/aromatic N) is 2. The van der Waals surface area contributed by atoms with Crippen LogP contribution >= 0.6 is 0 Å². The topological polar surface area (TPSA) is 66.9 Å². The van der Waals surface area contributed by atoms with Crippen LogP contribution in [0.1, 0.15) is 22.3 Å². The molecule has 5 nitrogen and oxygen atoms in total. The number of halogens is 1. The van der Waals surface area contributed by atoms with Crippen molar-refractivity contribution in [3.8, 4) is 0 Å². The average molecular weight is 284 g/mol. The molecular weight excluding hydrogens is 271 g/mol. The van der Waals surface area contributed by atoms with Gasteiger partial charge in [-0.2, -0.15) is 0 Å². The first-order chi connectivity index (χ1) is 10.2. The molecule has 2 aromatic heterocycles. The first kappa shape index (κ1) is 13.2. The Labute approximate surface area is 120 Å². The van der Waals surface area contributed by atoms with E-state index >= 15 is 0 Å². The number of carbonyl (C=O) groups excluding carboxylic acids is 1. The first-order valence-corrected chi connectivity index (χ1v) is 6.44. The fourth-order valence-corrected chi connectivity index (χ4v) is 2.27. The summed E-state index contributed by atoms with van der Waals surface area (Å²) in [5.41, 5.74) is 4.05. The number of fused-ring (bicyclic) bond motifs is 1. The number of nitrogens with one attached hydrogen (secondary N) is 2. The molecule has 1 aliphatic rings. The lowest BCUT2D eigenvalue weighted by atomic mass is 10.00.